The number of carbonyl (C=O) groups excluding carboxylic acids is 1. The molecule has 3 nitrogen and oxygen atoms in total. The number of carbonyl (C=O) groups is 1. The summed E-state index contributed by atoms with van der Waals surface area (Å²) < 4.78 is 0. The first-order valence-corrected chi connectivity index (χ1v) is 11.2. The molecule has 154 valence electrons. The molecule has 0 aliphatic heterocycles. The second kappa shape index (κ2) is 13.2. The largest absolute Gasteiger partial charge is 0.508 e. The Morgan fingerprint density at radius 3 is 2.07 bits per heavy atom. The summed E-state index contributed by atoms with van der Waals surface area (Å²) in [5, 5.41) is 14.4. The van der Waals surface area contributed by atoms with Gasteiger partial charge in [-0.2, -0.15) is 0 Å². The number of amides is 1. The summed E-state index contributed by atoms with van der Waals surface area (Å²) in [4.78, 5) is 12.5. The van der Waals surface area contributed by atoms with E-state index in [1.54, 1.807) is 12.1 Å². The van der Waals surface area contributed by atoms with E-state index in [1.165, 1.54) is 70.6 Å². The highest BCUT2D eigenvalue weighted by molar-refractivity contribution is 6.07. The normalized spacial score (nSPS) is 11.0. The van der Waals surface area contributed by atoms with Crippen molar-refractivity contribution in [2.75, 3.05) is 6.54 Å². The van der Waals surface area contributed by atoms with Crippen molar-refractivity contribution >= 4 is 16.7 Å². The molecule has 0 fully saturated rings. The van der Waals surface area contributed by atoms with E-state index in [0.29, 0.717) is 5.56 Å². The van der Waals surface area contributed by atoms with Gasteiger partial charge in [0.15, 0.2) is 0 Å². The number of aromatic hydroxyl groups is 1. The van der Waals surface area contributed by atoms with E-state index in [-0.39, 0.29) is 11.7 Å². The number of hydrogen-bond donors (Lipinski definition) is 2. The summed E-state index contributed by atoms with van der Waals surface area (Å²) in [6, 6.07) is 10.7. The van der Waals surface area contributed by atoms with Crippen molar-refractivity contribution in [3.63, 3.8) is 0 Å². The van der Waals surface area contributed by atoms with Crippen molar-refractivity contribution in [1.82, 2.24) is 5.32 Å². The van der Waals surface area contributed by atoms with Crippen LogP contribution in [-0.4, -0.2) is 17.6 Å². The van der Waals surface area contributed by atoms with Gasteiger partial charge in [0.05, 0.1) is 0 Å². The van der Waals surface area contributed by atoms with Crippen LogP contribution in [0.25, 0.3) is 10.8 Å². The smallest absolute Gasteiger partial charge is 0.251 e. The van der Waals surface area contributed by atoms with E-state index in [0.717, 1.165) is 23.7 Å². The Morgan fingerprint density at radius 2 is 1.43 bits per heavy atom. The summed E-state index contributed by atoms with van der Waals surface area (Å²) in [6.07, 6.45) is 15.8. The highest BCUT2D eigenvalue weighted by Crippen LogP contribution is 2.23. The van der Waals surface area contributed by atoms with E-state index >= 15 is 0 Å². The van der Waals surface area contributed by atoms with Gasteiger partial charge in [-0.3, -0.25) is 4.79 Å². The van der Waals surface area contributed by atoms with Crippen molar-refractivity contribution in [2.24, 2.45) is 0 Å². The molecule has 0 saturated heterocycles. The highest BCUT2D eigenvalue weighted by atomic mass is 16.3. The predicted octanol–water partition coefficient (Wildman–Crippen LogP) is 6.98. The Kier molecular flexibility index (Phi) is 10.5. The zero-order chi connectivity index (χ0) is 20.0. The third kappa shape index (κ3) is 7.92. The molecule has 3 heteroatoms. The molecule has 2 aromatic carbocycles. The molecule has 0 saturated carbocycles. The molecule has 28 heavy (non-hydrogen) atoms. The first-order valence-electron chi connectivity index (χ1n) is 11.2. The second-order valence-electron chi connectivity index (χ2n) is 7.86. The quantitative estimate of drug-likeness (QED) is 0.346. The number of phenolic OH excluding ortho intramolecular Hbond substituents is 1. The summed E-state index contributed by atoms with van der Waals surface area (Å²) in [7, 11) is 0. The van der Waals surface area contributed by atoms with E-state index in [1.807, 2.05) is 24.3 Å². The fraction of sp³-hybridized carbons (Fsp3) is 0.560. The van der Waals surface area contributed by atoms with Crippen molar-refractivity contribution in [3.8, 4) is 5.75 Å². The zero-order valence-electron chi connectivity index (χ0n) is 17.5. The topological polar surface area (TPSA) is 49.3 Å². The number of phenols is 1. The number of benzene rings is 2. The van der Waals surface area contributed by atoms with Crippen molar-refractivity contribution < 1.29 is 9.90 Å². The van der Waals surface area contributed by atoms with Crippen LogP contribution in [0.5, 0.6) is 5.75 Å². The molecule has 0 radical (unpaired) electrons. The maximum Gasteiger partial charge on any atom is 0.251 e. The molecule has 0 spiro atoms. The fourth-order valence-electron chi connectivity index (χ4n) is 3.73. The predicted molar refractivity (Wildman–Crippen MR) is 119 cm³/mol. The Hall–Kier alpha value is -2.03. The van der Waals surface area contributed by atoms with E-state index < -0.39 is 0 Å². The molecule has 0 unspecified atom stereocenters. The molecule has 0 aliphatic rings. The average Bonchev–Trinajstić information content (AvgIpc) is 2.70. The molecule has 0 heterocycles. The van der Waals surface area contributed by atoms with Crippen molar-refractivity contribution in [3.05, 3.63) is 42.0 Å². The standard InChI is InChI=1S/C25H37NO2/c1-2-3-4-5-6-7-8-9-10-11-12-13-19-26-25(28)24-16-14-15-21-20-22(27)17-18-23(21)24/h14-18,20,27H,2-13,19H2,1H3,(H,26,28). The maximum absolute atomic E-state index is 12.5. The summed E-state index contributed by atoms with van der Waals surface area (Å²) in [5.41, 5.74) is 0.677. The van der Waals surface area contributed by atoms with Crippen molar-refractivity contribution in [2.45, 2.75) is 84.0 Å². The van der Waals surface area contributed by atoms with Crippen LogP contribution < -0.4 is 5.32 Å². The van der Waals surface area contributed by atoms with Gasteiger partial charge in [-0.25, -0.2) is 0 Å². The summed E-state index contributed by atoms with van der Waals surface area (Å²) >= 11 is 0. The lowest BCUT2D eigenvalue weighted by atomic mass is 10.0. The lowest BCUT2D eigenvalue weighted by molar-refractivity contribution is 0.0954. The van der Waals surface area contributed by atoms with Gasteiger partial charge in [0, 0.05) is 12.1 Å². The first kappa shape index (κ1) is 22.3. The third-order valence-electron chi connectivity index (χ3n) is 5.42. The lowest BCUT2D eigenvalue weighted by Gasteiger charge is -2.08. The summed E-state index contributed by atoms with van der Waals surface area (Å²) in [5.74, 6) is 0.195. The van der Waals surface area contributed by atoms with Crippen LogP contribution in [0.3, 0.4) is 0 Å². The number of hydrogen-bond acceptors (Lipinski definition) is 2. The van der Waals surface area contributed by atoms with Crippen LogP contribution >= 0.6 is 0 Å². The second-order valence-corrected chi connectivity index (χ2v) is 7.86. The molecule has 0 bridgehead atoms. The van der Waals surface area contributed by atoms with Gasteiger partial charge in [-0.05, 0) is 41.5 Å². The highest BCUT2D eigenvalue weighted by Gasteiger charge is 2.09. The van der Waals surface area contributed by atoms with Crippen molar-refractivity contribution in [1.29, 1.82) is 0 Å². The molecular formula is C25H37NO2. The number of nitrogens with one attached hydrogen (secondary N) is 1. The van der Waals surface area contributed by atoms with E-state index in [9.17, 15) is 9.90 Å². The third-order valence-corrected chi connectivity index (χ3v) is 5.42. The minimum absolute atomic E-state index is 0.0284. The van der Waals surface area contributed by atoms with Crippen LogP contribution in [0.15, 0.2) is 36.4 Å². The number of rotatable bonds is 14. The lowest BCUT2D eigenvalue weighted by Crippen LogP contribution is -2.24. The van der Waals surface area contributed by atoms with Gasteiger partial charge in [0.2, 0.25) is 0 Å². The molecular weight excluding hydrogens is 346 g/mol. The zero-order valence-corrected chi connectivity index (χ0v) is 17.5. The van der Waals surface area contributed by atoms with Gasteiger partial charge in [-0.1, -0.05) is 89.7 Å². The SMILES string of the molecule is CCCCCCCCCCCCCCNC(=O)c1cccc2cc(O)ccc12. The van der Waals surface area contributed by atoms with Crippen LogP contribution in [0, 0.1) is 0 Å². The number of fused-ring (bicyclic) bond motifs is 1. The van der Waals surface area contributed by atoms with Crippen LogP contribution in [0.2, 0.25) is 0 Å². The first-order chi connectivity index (χ1) is 13.7. The minimum atomic E-state index is -0.0284. The van der Waals surface area contributed by atoms with Crippen LogP contribution in [-0.2, 0) is 0 Å². The molecule has 0 aliphatic carbocycles. The number of unbranched alkanes of at least 4 members (excludes halogenated alkanes) is 11. The van der Waals surface area contributed by atoms with Gasteiger partial charge in [0.1, 0.15) is 5.75 Å². The Labute approximate surface area is 170 Å². The molecule has 2 aromatic rings. The summed E-state index contributed by atoms with van der Waals surface area (Å²) in [6.45, 7) is 2.99. The monoisotopic (exact) mass is 383 g/mol. The van der Waals surface area contributed by atoms with Gasteiger partial charge in [-0.15, -0.1) is 0 Å². The Bertz CT molecular complexity index is 711. The maximum atomic E-state index is 12.5. The minimum Gasteiger partial charge on any atom is -0.508 e. The van der Waals surface area contributed by atoms with Gasteiger partial charge >= 0.3 is 0 Å². The molecule has 0 aromatic heterocycles. The Morgan fingerprint density at radius 1 is 0.821 bits per heavy atom. The fourth-order valence-corrected chi connectivity index (χ4v) is 3.73. The van der Waals surface area contributed by atoms with Crippen LogP contribution in [0.1, 0.15) is 94.3 Å². The van der Waals surface area contributed by atoms with Crippen LogP contribution in [0.4, 0.5) is 0 Å². The molecule has 0 atom stereocenters. The molecule has 2 rings (SSSR count). The van der Waals surface area contributed by atoms with E-state index in [2.05, 4.69) is 12.2 Å². The molecule has 2 N–H and O–H groups in total. The molecule has 1 amide bonds. The van der Waals surface area contributed by atoms with E-state index in [4.69, 9.17) is 0 Å². The van der Waals surface area contributed by atoms with Gasteiger partial charge in [0.25, 0.3) is 5.91 Å². The Balaban J connectivity index is 1.54. The average molecular weight is 384 g/mol. The van der Waals surface area contributed by atoms with Gasteiger partial charge < -0.3 is 10.4 Å².